The maximum atomic E-state index is 9.83. The summed E-state index contributed by atoms with van der Waals surface area (Å²) in [5.74, 6) is -0.913. The number of carbonyl (C=O) groups is 1. The summed E-state index contributed by atoms with van der Waals surface area (Å²) < 4.78 is 0. The molecule has 0 aliphatic heterocycles. The van der Waals surface area contributed by atoms with Gasteiger partial charge in [0.05, 0.1) is 6.54 Å². The van der Waals surface area contributed by atoms with Gasteiger partial charge in [0.1, 0.15) is 4.84 Å². The van der Waals surface area contributed by atoms with Gasteiger partial charge in [0.2, 0.25) is 0 Å². The Labute approximate surface area is 62.9 Å². The highest BCUT2D eigenvalue weighted by Crippen LogP contribution is 1.97. The van der Waals surface area contributed by atoms with Crippen molar-refractivity contribution in [3.05, 3.63) is 0 Å². The first kappa shape index (κ1) is 9.01. The van der Waals surface area contributed by atoms with Crippen LogP contribution in [-0.4, -0.2) is 29.0 Å². The maximum absolute atomic E-state index is 9.83. The normalized spacial score (nSPS) is 10.1. The highest BCUT2D eigenvalue weighted by molar-refractivity contribution is 6.44. The van der Waals surface area contributed by atoms with Crippen LogP contribution in [0.1, 0.15) is 0 Å². The predicted molar refractivity (Wildman–Crippen MR) is 36.0 cm³/mol. The molecular weight excluding hydrogens is 165 g/mol. The van der Waals surface area contributed by atoms with Crippen molar-refractivity contribution >= 4 is 29.2 Å². The zero-order valence-corrected chi connectivity index (χ0v) is 6.11. The Morgan fingerprint density at radius 3 is 2.56 bits per heavy atom. The fourth-order valence-corrected chi connectivity index (χ4v) is 0.506. The van der Waals surface area contributed by atoms with Crippen molar-refractivity contribution < 1.29 is 9.90 Å². The average molecular weight is 172 g/mol. The molecule has 0 aliphatic rings. The Morgan fingerprint density at radius 2 is 2.22 bits per heavy atom. The van der Waals surface area contributed by atoms with E-state index in [4.69, 9.17) is 28.3 Å². The number of carboxylic acid groups (broad SMARTS) is 1. The minimum absolute atomic E-state index is 0.101. The first-order valence-corrected chi connectivity index (χ1v) is 3.21. The van der Waals surface area contributed by atoms with Crippen molar-refractivity contribution in [2.24, 2.45) is 0 Å². The molecule has 0 bridgehead atoms. The van der Waals surface area contributed by atoms with E-state index in [1.807, 2.05) is 0 Å². The van der Waals surface area contributed by atoms with Gasteiger partial charge in [-0.05, 0) is 0 Å². The lowest BCUT2D eigenvalue weighted by molar-refractivity contribution is -0.135. The van der Waals surface area contributed by atoms with Gasteiger partial charge >= 0.3 is 5.97 Å². The van der Waals surface area contributed by atoms with Crippen LogP contribution >= 0.6 is 23.2 Å². The van der Waals surface area contributed by atoms with Gasteiger partial charge in [0.25, 0.3) is 0 Å². The molecule has 0 amide bonds. The van der Waals surface area contributed by atoms with E-state index < -0.39 is 10.8 Å². The highest BCUT2D eigenvalue weighted by atomic mass is 35.5. The smallest absolute Gasteiger partial charge is 0.317 e. The molecule has 0 aliphatic carbocycles. The summed E-state index contributed by atoms with van der Waals surface area (Å²) in [4.78, 5) is 9.29. The molecule has 0 heterocycles. The van der Waals surface area contributed by atoms with Gasteiger partial charge in [0, 0.05) is 6.54 Å². The summed E-state index contributed by atoms with van der Waals surface area (Å²) in [6.07, 6.45) is 0. The number of nitrogens with one attached hydrogen (secondary N) is 1. The van der Waals surface area contributed by atoms with Crippen LogP contribution in [0.2, 0.25) is 0 Å². The molecule has 0 radical (unpaired) electrons. The van der Waals surface area contributed by atoms with E-state index in [1.54, 1.807) is 0 Å². The Balaban J connectivity index is 3.01. The van der Waals surface area contributed by atoms with Gasteiger partial charge in [-0.3, -0.25) is 4.79 Å². The average Bonchev–Trinajstić information content (AvgIpc) is 1.63. The molecule has 3 nitrogen and oxygen atoms in total. The van der Waals surface area contributed by atoms with Gasteiger partial charge in [-0.2, -0.15) is 0 Å². The topological polar surface area (TPSA) is 49.3 Å². The van der Waals surface area contributed by atoms with Crippen molar-refractivity contribution in [3.63, 3.8) is 0 Å². The van der Waals surface area contributed by atoms with E-state index in [0.717, 1.165) is 0 Å². The molecule has 0 saturated carbocycles. The van der Waals surface area contributed by atoms with E-state index in [2.05, 4.69) is 5.32 Å². The Morgan fingerprint density at radius 1 is 1.67 bits per heavy atom. The first-order chi connectivity index (χ1) is 4.13. The summed E-state index contributed by atoms with van der Waals surface area (Å²) in [5, 5.41) is 10.6. The highest BCUT2D eigenvalue weighted by Gasteiger charge is 1.98. The monoisotopic (exact) mass is 171 g/mol. The van der Waals surface area contributed by atoms with Crippen LogP contribution < -0.4 is 5.32 Å². The van der Waals surface area contributed by atoms with Crippen LogP contribution in [0.25, 0.3) is 0 Å². The number of hydrogen-bond donors (Lipinski definition) is 2. The molecule has 0 rings (SSSR count). The van der Waals surface area contributed by atoms with Crippen molar-refractivity contribution in [2.45, 2.75) is 4.84 Å². The van der Waals surface area contributed by atoms with Crippen LogP contribution in [0.15, 0.2) is 0 Å². The molecule has 54 valence electrons. The summed E-state index contributed by atoms with van der Waals surface area (Å²) in [6, 6.07) is 0. The molecule has 0 saturated heterocycles. The molecule has 0 unspecified atom stereocenters. The third kappa shape index (κ3) is 8.01. The molecule has 0 spiro atoms. The molecule has 0 aromatic heterocycles. The Bertz CT molecular complexity index is 96.6. The number of alkyl halides is 2. The molecule has 0 aromatic rings. The number of rotatable bonds is 4. The standard InChI is InChI=1S/C4H7Cl2NO2/c5-3(6)1-7-2-4(8)9/h3,7H,1-2H2,(H,8,9). The summed E-state index contributed by atoms with van der Waals surface area (Å²) in [7, 11) is 0. The predicted octanol–water partition coefficient (Wildman–Crippen LogP) is 0.464. The van der Waals surface area contributed by atoms with E-state index >= 15 is 0 Å². The second-order valence-corrected chi connectivity index (χ2v) is 2.69. The number of aliphatic carboxylic acids is 1. The Kier molecular flexibility index (Phi) is 4.85. The van der Waals surface area contributed by atoms with E-state index in [9.17, 15) is 4.79 Å². The van der Waals surface area contributed by atoms with Gasteiger partial charge in [-0.25, -0.2) is 0 Å². The molecule has 0 aromatic carbocycles. The van der Waals surface area contributed by atoms with Gasteiger partial charge < -0.3 is 10.4 Å². The minimum Gasteiger partial charge on any atom is -0.480 e. The molecular formula is C4H7Cl2NO2. The summed E-state index contributed by atoms with van der Waals surface area (Å²) in [6.45, 7) is 0.200. The molecule has 0 fully saturated rings. The van der Waals surface area contributed by atoms with Crippen molar-refractivity contribution in [3.8, 4) is 0 Å². The zero-order valence-electron chi connectivity index (χ0n) is 4.60. The minimum atomic E-state index is -0.913. The number of hydrogen-bond acceptors (Lipinski definition) is 2. The van der Waals surface area contributed by atoms with Gasteiger partial charge in [-0.15, -0.1) is 23.2 Å². The molecule has 9 heavy (non-hydrogen) atoms. The third-order valence-electron chi connectivity index (χ3n) is 0.575. The fourth-order valence-electron chi connectivity index (χ4n) is 0.288. The van der Waals surface area contributed by atoms with Crippen molar-refractivity contribution in [1.82, 2.24) is 5.32 Å². The number of carboxylic acids is 1. The maximum Gasteiger partial charge on any atom is 0.317 e. The quantitative estimate of drug-likeness (QED) is 0.605. The van der Waals surface area contributed by atoms with E-state index in [0.29, 0.717) is 6.54 Å². The van der Waals surface area contributed by atoms with Crippen LogP contribution in [0, 0.1) is 0 Å². The number of halogens is 2. The van der Waals surface area contributed by atoms with Crippen LogP contribution in [0.5, 0.6) is 0 Å². The van der Waals surface area contributed by atoms with E-state index in [-0.39, 0.29) is 6.54 Å². The zero-order chi connectivity index (χ0) is 7.28. The van der Waals surface area contributed by atoms with Crippen molar-refractivity contribution in [1.29, 1.82) is 0 Å². The van der Waals surface area contributed by atoms with E-state index in [1.165, 1.54) is 0 Å². The fraction of sp³-hybridized carbons (Fsp3) is 0.750. The van der Waals surface area contributed by atoms with Gasteiger partial charge in [-0.1, -0.05) is 0 Å². The lowest BCUT2D eigenvalue weighted by atomic mass is 10.6. The van der Waals surface area contributed by atoms with Crippen LogP contribution in [0.3, 0.4) is 0 Å². The van der Waals surface area contributed by atoms with Gasteiger partial charge in [0.15, 0.2) is 0 Å². The van der Waals surface area contributed by atoms with Crippen LogP contribution in [0.4, 0.5) is 0 Å². The molecule has 5 heteroatoms. The Hall–Kier alpha value is 0.01000. The molecule has 2 N–H and O–H groups in total. The van der Waals surface area contributed by atoms with Crippen molar-refractivity contribution in [2.75, 3.05) is 13.1 Å². The lowest BCUT2D eigenvalue weighted by Gasteiger charge is -1.99. The third-order valence-corrected chi connectivity index (χ3v) is 0.883. The lowest BCUT2D eigenvalue weighted by Crippen LogP contribution is -2.26. The summed E-state index contributed by atoms with van der Waals surface area (Å²) >= 11 is 10.5. The first-order valence-electron chi connectivity index (χ1n) is 2.33. The molecule has 0 atom stereocenters. The SMILES string of the molecule is O=C(O)CNCC(Cl)Cl. The summed E-state index contributed by atoms with van der Waals surface area (Å²) in [5.41, 5.74) is 0. The van der Waals surface area contributed by atoms with Crippen LogP contribution in [-0.2, 0) is 4.79 Å². The second-order valence-electron chi connectivity index (χ2n) is 1.42. The largest absolute Gasteiger partial charge is 0.480 e. The second kappa shape index (κ2) is 4.85.